The fourth-order valence-corrected chi connectivity index (χ4v) is 12.3. The molecule has 0 bridgehead atoms. The third-order valence-electron chi connectivity index (χ3n) is 16.1. The second kappa shape index (κ2) is 17.6. The average molecular weight is 951 g/mol. The van der Waals surface area contributed by atoms with Gasteiger partial charge in [0.1, 0.15) is 17.9 Å². The molecule has 4 atom stereocenters. The molecule has 360 valence electrons. The molecule has 12 rings (SSSR count). The van der Waals surface area contributed by atoms with E-state index >= 15 is 0 Å². The van der Waals surface area contributed by atoms with Crippen molar-refractivity contribution in [2.24, 2.45) is 5.41 Å². The largest absolute Gasteiger partial charge is 0.481 e. The van der Waals surface area contributed by atoms with Gasteiger partial charge in [0.05, 0.1) is 54.2 Å². The Bertz CT molecular complexity index is 3160. The normalized spacial score (nSPS) is 25.7. The van der Waals surface area contributed by atoms with Crippen molar-refractivity contribution in [1.82, 2.24) is 49.4 Å². The molecule has 1 aliphatic carbocycles. The van der Waals surface area contributed by atoms with Gasteiger partial charge in [-0.05, 0) is 86.6 Å². The van der Waals surface area contributed by atoms with Gasteiger partial charge in [0.25, 0.3) is 5.91 Å². The summed E-state index contributed by atoms with van der Waals surface area (Å²) in [5.41, 5.74) is 8.02. The number of carbonyl (C=O) groups is 3. The molecule has 1 unspecified atom stereocenters. The molecule has 1 saturated carbocycles. The van der Waals surface area contributed by atoms with Crippen LogP contribution in [0.3, 0.4) is 0 Å². The Balaban J connectivity index is 0.685. The van der Waals surface area contributed by atoms with Crippen LogP contribution in [0.2, 0.25) is 0 Å². The van der Waals surface area contributed by atoms with Crippen molar-refractivity contribution in [2.75, 3.05) is 56.2 Å². The number of aromatic nitrogens is 6. The molecule has 18 nitrogen and oxygen atoms in total. The zero-order chi connectivity index (χ0) is 48.5. The highest BCUT2D eigenvalue weighted by Crippen LogP contribution is 2.47. The minimum absolute atomic E-state index is 0.00282. The van der Waals surface area contributed by atoms with Crippen LogP contribution >= 0.6 is 0 Å². The Labute approximate surface area is 411 Å². The van der Waals surface area contributed by atoms with E-state index in [4.69, 9.17) is 14.8 Å². The van der Waals surface area contributed by atoms with Gasteiger partial charge in [0, 0.05) is 135 Å². The van der Waals surface area contributed by atoms with Crippen LogP contribution in [0, 0.1) is 28.1 Å². The molecule has 0 radical (unpaired) electrons. The van der Waals surface area contributed by atoms with Crippen LogP contribution in [0.15, 0.2) is 85.7 Å². The van der Waals surface area contributed by atoms with Gasteiger partial charge in [0.15, 0.2) is 0 Å². The summed E-state index contributed by atoms with van der Waals surface area (Å²) in [7, 11) is 1.61. The molecule has 3 amide bonds. The molecule has 18 heteroatoms. The van der Waals surface area contributed by atoms with E-state index in [1.165, 1.54) is 0 Å². The maximum Gasteiger partial charge on any atom is 0.255 e. The molecule has 0 spiro atoms. The number of ether oxygens (including phenoxy) is 1. The van der Waals surface area contributed by atoms with Crippen LogP contribution in [0.1, 0.15) is 78.5 Å². The molecule has 6 aromatic rings. The van der Waals surface area contributed by atoms with E-state index in [9.17, 15) is 24.9 Å². The van der Waals surface area contributed by atoms with E-state index < -0.39 is 11.5 Å². The number of benzene rings is 1. The Morgan fingerprint density at radius 3 is 2.38 bits per heavy atom. The van der Waals surface area contributed by atoms with Crippen LogP contribution in [0.5, 0.6) is 5.88 Å². The van der Waals surface area contributed by atoms with Crippen molar-refractivity contribution in [3.05, 3.63) is 108 Å². The van der Waals surface area contributed by atoms with E-state index in [0.717, 1.165) is 109 Å². The lowest BCUT2D eigenvalue weighted by Gasteiger charge is -2.50. The number of hydrogen-bond acceptors (Lipinski definition) is 14. The monoisotopic (exact) mass is 950 g/mol. The molecule has 6 aliphatic rings. The van der Waals surface area contributed by atoms with Crippen LogP contribution in [0.25, 0.3) is 27.8 Å². The van der Waals surface area contributed by atoms with Crippen molar-refractivity contribution in [3.8, 4) is 40.3 Å². The van der Waals surface area contributed by atoms with Crippen molar-refractivity contribution in [1.29, 1.82) is 10.5 Å². The molecular weight excluding hydrogens is 897 g/mol. The number of nitrogens with zero attached hydrogens (tertiary/aromatic N) is 13. The summed E-state index contributed by atoms with van der Waals surface area (Å²) >= 11 is 0. The number of likely N-dealkylation sites (tertiary alicyclic amines) is 1. The van der Waals surface area contributed by atoms with Gasteiger partial charge < -0.3 is 19.4 Å². The maximum absolute atomic E-state index is 13.3. The topological polar surface area (TPSA) is 197 Å². The lowest BCUT2D eigenvalue weighted by Crippen LogP contribution is -2.65. The number of imide groups is 1. The fourth-order valence-electron chi connectivity index (χ4n) is 12.3. The minimum Gasteiger partial charge on any atom is -0.481 e. The number of rotatable bonds is 10. The smallest absolute Gasteiger partial charge is 0.255 e. The van der Waals surface area contributed by atoms with Gasteiger partial charge in [-0.3, -0.25) is 34.2 Å². The number of nitriles is 2. The van der Waals surface area contributed by atoms with E-state index in [2.05, 4.69) is 76.2 Å². The number of piperidine rings is 1. The fraction of sp³-hybridized carbons (Fsp3) is 0.415. The van der Waals surface area contributed by atoms with Gasteiger partial charge >= 0.3 is 0 Å². The van der Waals surface area contributed by atoms with Gasteiger partial charge in [-0.2, -0.15) is 20.7 Å². The lowest BCUT2D eigenvalue weighted by atomic mass is 9.78. The molecule has 5 fully saturated rings. The molecular formula is C53H54N14O4. The molecule has 5 aromatic heterocycles. The zero-order valence-corrected chi connectivity index (χ0v) is 39.8. The average Bonchev–Trinajstić information content (AvgIpc) is 4.17. The van der Waals surface area contributed by atoms with Crippen LogP contribution in [-0.4, -0.2) is 132 Å². The number of fused-ring (bicyclic) bond motifs is 3. The molecule has 71 heavy (non-hydrogen) atoms. The second-order valence-electron chi connectivity index (χ2n) is 20.3. The summed E-state index contributed by atoms with van der Waals surface area (Å²) in [5, 5.41) is 32.4. The SMILES string of the molecule is COc1ccc(CN2C[C@](C)(C#N)[C@H]3[C@@H]2CN3c2ccc(-c3cc(-c4cnn(C5CCC(N6CCN(c7ccc8c(c7)CN(C7CCC(=O)NC7=O)C8=O)CC6)CC5)c4)cn4ncc(C#N)c34)cn2)cn1. The van der Waals surface area contributed by atoms with Crippen molar-refractivity contribution < 1.29 is 19.1 Å². The van der Waals surface area contributed by atoms with Gasteiger partial charge in [-0.1, -0.05) is 6.07 Å². The standard InChI is InChI=1S/C53H54N14O4/c1-53(31-55)32-63(26-33-3-14-48(71-2)57-22-33)45-30-65(50(45)53)46-12-4-34(23-56-46)43-20-35(28-67-49(43)37(21-54)24-59-67)38-25-58-66(29-38)40-7-5-39(6-8-40)61-15-17-62(18-16-61)41-9-10-42-36(19-41)27-64(52(42)70)44-11-13-47(68)60-51(44)69/h3-4,9-10,12,14,19-20,22-25,28-29,39-40,44-45,50H,5-8,11,13,15-18,26-27,30,32H2,1-2H3,(H,60,68,69)/t39?,40?,44?,45-,50+,53-/m0/s1. The summed E-state index contributed by atoms with van der Waals surface area (Å²) < 4.78 is 9.15. The zero-order valence-electron chi connectivity index (χ0n) is 39.8. The molecule has 5 aliphatic heterocycles. The first-order valence-electron chi connectivity index (χ1n) is 24.7. The Hall–Kier alpha value is -7.67. The summed E-state index contributed by atoms with van der Waals surface area (Å²) in [6.45, 7) is 8.28. The Morgan fingerprint density at radius 2 is 1.65 bits per heavy atom. The molecule has 1 N–H and O–H groups in total. The van der Waals surface area contributed by atoms with Gasteiger partial charge in [-0.25, -0.2) is 14.5 Å². The third kappa shape index (κ3) is 7.82. The first kappa shape index (κ1) is 44.5. The van der Waals surface area contributed by atoms with Crippen LogP contribution in [-0.2, 0) is 22.7 Å². The number of nitrogens with one attached hydrogen (secondary N) is 1. The van der Waals surface area contributed by atoms with E-state index in [1.807, 2.05) is 62.0 Å². The highest BCUT2D eigenvalue weighted by Gasteiger charge is 2.59. The quantitative estimate of drug-likeness (QED) is 0.176. The first-order valence-corrected chi connectivity index (χ1v) is 24.7. The van der Waals surface area contributed by atoms with Gasteiger partial charge in [0.2, 0.25) is 17.7 Å². The maximum atomic E-state index is 13.3. The lowest BCUT2D eigenvalue weighted by molar-refractivity contribution is -0.136. The first-order chi connectivity index (χ1) is 34.6. The number of carbonyl (C=O) groups excluding carboxylic acids is 3. The van der Waals surface area contributed by atoms with Crippen LogP contribution in [0.4, 0.5) is 11.5 Å². The predicted octanol–water partition coefficient (Wildman–Crippen LogP) is 5.20. The van der Waals surface area contributed by atoms with Crippen LogP contribution < -0.4 is 19.9 Å². The van der Waals surface area contributed by atoms with Crippen molar-refractivity contribution in [2.45, 2.75) is 88.7 Å². The number of methoxy groups -OCH3 is 1. The summed E-state index contributed by atoms with van der Waals surface area (Å²) in [4.78, 5) is 58.2. The number of piperazine rings is 1. The van der Waals surface area contributed by atoms with Crippen molar-refractivity contribution in [3.63, 3.8) is 0 Å². The highest BCUT2D eigenvalue weighted by molar-refractivity contribution is 6.05. The summed E-state index contributed by atoms with van der Waals surface area (Å²) in [6.07, 6.45) is 16.2. The molecule has 1 aromatic carbocycles. The Morgan fingerprint density at radius 1 is 0.817 bits per heavy atom. The van der Waals surface area contributed by atoms with E-state index in [0.29, 0.717) is 55.1 Å². The number of pyridine rings is 3. The summed E-state index contributed by atoms with van der Waals surface area (Å²) in [6, 6.07) is 21.5. The molecule has 10 heterocycles. The Kier molecular flexibility index (Phi) is 11.1. The number of anilines is 2. The van der Waals surface area contributed by atoms with Crippen molar-refractivity contribution >= 4 is 34.7 Å². The summed E-state index contributed by atoms with van der Waals surface area (Å²) in [5.74, 6) is 0.580. The predicted molar refractivity (Wildman–Crippen MR) is 262 cm³/mol. The van der Waals surface area contributed by atoms with E-state index in [1.54, 1.807) is 22.7 Å². The highest BCUT2D eigenvalue weighted by atomic mass is 16.5. The third-order valence-corrected chi connectivity index (χ3v) is 16.1. The van der Waals surface area contributed by atoms with Gasteiger partial charge in [-0.15, -0.1) is 0 Å². The molecule has 4 saturated heterocycles. The number of amides is 3. The minimum atomic E-state index is -0.615. The number of hydrogen-bond donors (Lipinski definition) is 1. The van der Waals surface area contributed by atoms with E-state index in [-0.39, 0.29) is 36.2 Å². The second-order valence-corrected chi connectivity index (χ2v) is 20.3.